The molecule has 4 N–H and O–H groups in total. The molecule has 0 aliphatic rings. The molecule has 0 spiro atoms. The van der Waals surface area contributed by atoms with E-state index < -0.39 is 45.0 Å². The normalized spacial score (nSPS) is 10.6. The number of allylic oxidation sites excluding steroid dienone is 2. The van der Waals surface area contributed by atoms with Gasteiger partial charge in [-0.15, -0.1) is 0 Å². The number of aromatic nitrogens is 8. The zero-order valence-electron chi connectivity index (χ0n) is 67.1. The molecular weight excluding hydrogens is 1610 g/mol. The monoisotopic (exact) mass is 1710 g/mol. The minimum absolute atomic E-state index is 0. The average molecular weight is 1710 g/mol. The second-order valence-corrected chi connectivity index (χ2v) is 27.4. The van der Waals surface area contributed by atoms with Crippen molar-refractivity contribution in [3.8, 4) is 24.3 Å². The molecule has 0 bridgehead atoms. The second-order valence-electron chi connectivity index (χ2n) is 27.4. The van der Waals surface area contributed by atoms with Crippen LogP contribution >= 0.6 is 0 Å². The van der Waals surface area contributed by atoms with Gasteiger partial charge in [0.25, 0.3) is 22.2 Å². The summed E-state index contributed by atoms with van der Waals surface area (Å²) in [5.74, 6) is -2.28. The van der Waals surface area contributed by atoms with Crippen LogP contribution in [0.2, 0.25) is 0 Å². The molecule has 4 aromatic carbocycles. The molecule has 0 saturated carbocycles. The van der Waals surface area contributed by atoms with Crippen molar-refractivity contribution in [1.82, 2.24) is 38.2 Å². The zero-order chi connectivity index (χ0) is 80.5. The zero-order valence-corrected chi connectivity index (χ0v) is 70.3. The van der Waals surface area contributed by atoms with Crippen LogP contribution in [0.5, 0.6) is 0 Å². The van der Waals surface area contributed by atoms with Crippen molar-refractivity contribution in [2.75, 3.05) is 0 Å². The Bertz CT molecular complexity index is 5470. The summed E-state index contributed by atoms with van der Waals surface area (Å²) in [6, 6.07) is 29.4. The number of carbonyl (C=O) groups excluding carboxylic acids is 4. The number of hydrogen-bond donors (Lipinski definition) is 4. The number of aryl methyl sites for hydroxylation is 6. The standard InChI is InChI=1S/C22H27N3O3.C22H25N3O3.C20H23N3O3.C20H21N3O3.2CH3.2Pd/c2*1-5-6-10-25-19(18(14(2)3)21(27)24-22(25)28)20(26)17-12-15(4)11-16(13-17)8-7-9-23;2*1-5-23-17(16(12(2)3)19(25)22-20(23)26)18(24)15-10-13(4)9-14(11-15)7-6-8-21;;;;/h11-14H,5-8,10H2,1-4H3,(H,24,27,28);7-8,11-14H,5-6,10H2,1-4H3,(H,24,27,28);9-12H,5-7H2,1-4H3,(H,22,25,26);6-7,9-12H,5H2,1-4H3,(H,22,25,26);2*1H3;;/q;;;;2*-1;;/b;8-7+;;7-6+;;;;. The smallest absolute Gasteiger partial charge is 0.328 e. The number of nitriles is 4. The van der Waals surface area contributed by atoms with Crippen LogP contribution in [-0.4, -0.2) is 61.3 Å². The maximum absolute atomic E-state index is 13.5. The number of ketones is 4. The van der Waals surface area contributed by atoms with Crippen molar-refractivity contribution in [3.05, 3.63) is 295 Å². The fourth-order valence-corrected chi connectivity index (χ4v) is 12.7. The number of hydrogen-bond acceptors (Lipinski definition) is 16. The Labute approximate surface area is 681 Å². The van der Waals surface area contributed by atoms with E-state index in [-0.39, 0.29) is 138 Å². The summed E-state index contributed by atoms with van der Waals surface area (Å²) in [5.41, 5.74) is 5.78. The molecule has 24 nitrogen and oxygen atoms in total. The SMILES string of the molecule is CCCCn1c(C(=O)c2cc(C)cc(/C=C/C#N)c2)c(C(C)C)c(=O)[nH]c1=O.CCCCn1c(C(=O)c2cc(C)cc(CCC#N)c2)c(C(C)C)c(=O)[nH]c1=O.CCn1c(C(=O)c2cc(C)cc(/C=C/C#N)c2)c(C(C)C)c(=O)[nH]c1=O.CCn1c(C(=O)c2cc(C)cc(CCC#N)c2)c(C(C)C)c(=O)[nH]c1=O.[CH3-].[CH3-].[Pd].[Pd]. The number of rotatable bonds is 26. The van der Waals surface area contributed by atoms with Crippen molar-refractivity contribution >= 4 is 35.3 Å². The predicted octanol–water partition coefficient (Wildman–Crippen LogP) is 13.3. The van der Waals surface area contributed by atoms with E-state index in [1.165, 1.54) is 30.4 Å². The minimum atomic E-state index is -0.595. The van der Waals surface area contributed by atoms with Gasteiger partial charge < -0.3 is 14.9 Å². The van der Waals surface area contributed by atoms with Gasteiger partial charge >= 0.3 is 22.8 Å². The van der Waals surface area contributed by atoms with Gasteiger partial charge in [-0.05, 0) is 185 Å². The molecule has 0 unspecified atom stereocenters. The minimum Gasteiger partial charge on any atom is -0.358 e. The van der Waals surface area contributed by atoms with Crippen LogP contribution in [0.3, 0.4) is 0 Å². The van der Waals surface area contributed by atoms with Crippen LogP contribution in [-0.2, 0) is 79.9 Å². The van der Waals surface area contributed by atoms with Gasteiger partial charge in [0.2, 0.25) is 23.1 Å². The molecule has 26 heteroatoms. The van der Waals surface area contributed by atoms with Crippen molar-refractivity contribution in [2.24, 2.45) is 0 Å². The summed E-state index contributed by atoms with van der Waals surface area (Å²) in [4.78, 5) is 162. The second kappa shape index (κ2) is 46.7. The number of carbonyl (C=O) groups is 4. The van der Waals surface area contributed by atoms with Crippen LogP contribution in [0.4, 0.5) is 0 Å². The van der Waals surface area contributed by atoms with Crippen molar-refractivity contribution in [1.29, 1.82) is 21.0 Å². The van der Waals surface area contributed by atoms with Crippen molar-refractivity contribution in [2.45, 2.75) is 212 Å². The Morgan fingerprint density at radius 1 is 0.384 bits per heavy atom. The van der Waals surface area contributed by atoms with Crippen LogP contribution in [0.25, 0.3) is 12.2 Å². The van der Waals surface area contributed by atoms with Gasteiger partial charge in [-0.25, -0.2) is 19.2 Å². The fraction of sp³-hybridized carbons (Fsp3) is 0.372. The molecule has 0 atom stereocenters. The molecule has 0 amide bonds. The summed E-state index contributed by atoms with van der Waals surface area (Å²) >= 11 is 0. The Morgan fingerprint density at radius 3 is 0.875 bits per heavy atom. The average Bonchev–Trinajstić information content (AvgIpc) is 0.793. The molecule has 0 aliphatic heterocycles. The maximum Gasteiger partial charge on any atom is 0.328 e. The Hall–Kier alpha value is -11.0. The first-order valence-corrected chi connectivity index (χ1v) is 36.2. The third-order valence-corrected chi connectivity index (χ3v) is 17.5. The molecule has 0 fully saturated rings. The van der Waals surface area contributed by atoms with Crippen molar-refractivity contribution < 1.29 is 60.0 Å². The third-order valence-electron chi connectivity index (χ3n) is 17.5. The van der Waals surface area contributed by atoms with E-state index in [2.05, 4.69) is 32.1 Å². The number of nitrogens with zero attached hydrogens (tertiary/aromatic N) is 8. The molecule has 112 heavy (non-hydrogen) atoms. The first-order chi connectivity index (χ1) is 51.2. The summed E-state index contributed by atoms with van der Waals surface area (Å²) in [7, 11) is 0. The molecule has 0 saturated heterocycles. The molecule has 4 heterocycles. The van der Waals surface area contributed by atoms with Crippen LogP contribution in [0.15, 0.2) is 123 Å². The molecule has 4 aromatic heterocycles. The first-order valence-electron chi connectivity index (χ1n) is 36.2. The first kappa shape index (κ1) is 99.1. The number of benzene rings is 4. The van der Waals surface area contributed by atoms with Gasteiger partial charge in [0.05, 0.1) is 24.3 Å². The van der Waals surface area contributed by atoms with Gasteiger partial charge in [0, 0.05) is 137 Å². The Balaban J connectivity index is 0.000000738. The summed E-state index contributed by atoms with van der Waals surface area (Å²) < 4.78 is 5.40. The third kappa shape index (κ3) is 25.5. The summed E-state index contributed by atoms with van der Waals surface area (Å²) in [6.45, 7) is 30.8. The van der Waals surface area contributed by atoms with E-state index in [0.29, 0.717) is 101 Å². The van der Waals surface area contributed by atoms with E-state index >= 15 is 0 Å². The van der Waals surface area contributed by atoms with Gasteiger partial charge in [-0.1, -0.05) is 117 Å². The molecule has 600 valence electrons. The number of nitrogens with one attached hydrogen (secondary N) is 4. The number of unbranched alkanes of at least 4 members (excludes halogenated alkanes) is 2. The van der Waals surface area contributed by atoms with Gasteiger partial charge in [0.15, 0.2) is 0 Å². The molecule has 8 rings (SSSR count). The molecule has 0 aliphatic carbocycles. The largest absolute Gasteiger partial charge is 0.358 e. The maximum atomic E-state index is 13.5. The summed E-state index contributed by atoms with van der Waals surface area (Å²) in [6.07, 6.45) is 10.9. The van der Waals surface area contributed by atoms with Crippen LogP contribution < -0.4 is 45.0 Å². The van der Waals surface area contributed by atoms with E-state index in [4.69, 9.17) is 21.0 Å². The molecular formula is C86H102N12O12Pd2-2. The van der Waals surface area contributed by atoms with E-state index in [0.717, 1.165) is 52.6 Å². The van der Waals surface area contributed by atoms with Gasteiger partial charge in [-0.3, -0.25) is 76.6 Å². The Kier molecular flexibility index (Phi) is 41.3. The molecule has 8 aromatic rings. The van der Waals surface area contributed by atoms with E-state index in [1.807, 2.05) is 133 Å². The van der Waals surface area contributed by atoms with Gasteiger partial charge in [0.1, 0.15) is 22.8 Å². The van der Waals surface area contributed by atoms with Gasteiger partial charge in [-0.2, -0.15) is 21.0 Å². The molecule has 0 radical (unpaired) electrons. The van der Waals surface area contributed by atoms with Crippen LogP contribution in [0.1, 0.15) is 276 Å². The quantitative estimate of drug-likeness (QED) is 0.0169. The van der Waals surface area contributed by atoms with E-state index in [9.17, 15) is 57.5 Å². The summed E-state index contributed by atoms with van der Waals surface area (Å²) in [5, 5.41) is 35.1. The number of aromatic amines is 4. The topological polar surface area (TPSA) is 383 Å². The van der Waals surface area contributed by atoms with E-state index in [1.54, 1.807) is 74.5 Å². The fourth-order valence-electron chi connectivity index (χ4n) is 12.7. The Morgan fingerprint density at radius 2 is 0.634 bits per heavy atom. The van der Waals surface area contributed by atoms with Crippen molar-refractivity contribution in [3.63, 3.8) is 0 Å². The van der Waals surface area contributed by atoms with Crippen LogP contribution in [0, 0.1) is 87.9 Å². The number of H-pyrrole nitrogens is 4. The predicted molar refractivity (Wildman–Crippen MR) is 431 cm³/mol.